The number of halogens is 2. The van der Waals surface area contributed by atoms with E-state index in [1.165, 1.54) is 13.2 Å². The van der Waals surface area contributed by atoms with Crippen molar-refractivity contribution in [3.63, 3.8) is 0 Å². The highest BCUT2D eigenvalue weighted by Crippen LogP contribution is 2.40. The first-order valence-corrected chi connectivity index (χ1v) is 5.33. The number of carboxylic acids is 1. The van der Waals surface area contributed by atoms with E-state index >= 15 is 0 Å². The zero-order valence-corrected chi connectivity index (χ0v) is 10.1. The molecule has 0 aliphatic rings. The summed E-state index contributed by atoms with van der Waals surface area (Å²) in [4.78, 5) is 10.7. The van der Waals surface area contributed by atoms with Gasteiger partial charge in [0.15, 0.2) is 0 Å². The Morgan fingerprint density at radius 3 is 2.60 bits per heavy atom. The minimum Gasteiger partial charge on any atom is -0.507 e. The van der Waals surface area contributed by atoms with Crippen molar-refractivity contribution in [2.75, 3.05) is 7.11 Å². The minimum atomic E-state index is -2.92. The number of carboxylic acid groups (broad SMARTS) is 1. The summed E-state index contributed by atoms with van der Waals surface area (Å²) in [5.74, 6) is -2.46. The maximum atomic E-state index is 12.8. The molecule has 6 nitrogen and oxygen atoms in total. The molecule has 0 aliphatic carbocycles. The zero-order valence-electron chi connectivity index (χ0n) is 10.1. The summed E-state index contributed by atoms with van der Waals surface area (Å²) in [5, 5.41) is 22.0. The van der Waals surface area contributed by atoms with Crippen LogP contribution >= 0.6 is 0 Å². The van der Waals surface area contributed by atoms with Gasteiger partial charge in [-0.15, -0.1) is 0 Å². The van der Waals surface area contributed by atoms with Gasteiger partial charge in [-0.3, -0.25) is 0 Å². The van der Waals surface area contributed by atoms with E-state index in [9.17, 15) is 18.7 Å². The average Bonchev–Trinajstić information content (AvgIpc) is 2.88. The number of rotatable bonds is 4. The third kappa shape index (κ3) is 2.40. The molecule has 0 saturated carbocycles. The number of benzene rings is 1. The Balaban J connectivity index is 2.59. The number of alkyl halides is 2. The number of phenols is 1. The number of phenolic OH excluding ortho intramolecular Hbond substituents is 1. The van der Waals surface area contributed by atoms with Gasteiger partial charge >= 0.3 is 5.97 Å². The molecule has 0 amide bonds. The Hall–Kier alpha value is -2.64. The topological polar surface area (TPSA) is 92.8 Å². The number of aromatic hydroxyl groups is 1. The molecule has 8 heteroatoms. The number of nitrogens with zero attached hydrogens (tertiary/aromatic N) is 1. The summed E-state index contributed by atoms with van der Waals surface area (Å²) >= 11 is 0. The van der Waals surface area contributed by atoms with Crippen LogP contribution < -0.4 is 4.74 Å². The molecule has 0 radical (unpaired) electrons. The normalized spacial score (nSPS) is 10.8. The highest BCUT2D eigenvalue weighted by Gasteiger charge is 2.22. The van der Waals surface area contributed by atoms with E-state index in [0.717, 1.165) is 12.1 Å². The van der Waals surface area contributed by atoms with E-state index in [2.05, 4.69) is 9.68 Å². The molecule has 0 atom stereocenters. The van der Waals surface area contributed by atoms with Crippen molar-refractivity contribution in [3.8, 4) is 22.8 Å². The molecule has 0 saturated heterocycles. The fourth-order valence-electron chi connectivity index (χ4n) is 1.61. The highest BCUT2D eigenvalue weighted by atomic mass is 19.3. The minimum absolute atomic E-state index is 0.0768. The van der Waals surface area contributed by atoms with Gasteiger partial charge in [-0.1, -0.05) is 5.16 Å². The maximum Gasteiger partial charge on any atom is 0.374 e. The van der Waals surface area contributed by atoms with Gasteiger partial charge < -0.3 is 19.5 Å². The summed E-state index contributed by atoms with van der Waals surface area (Å²) in [5.41, 5.74) is -0.823. The van der Waals surface area contributed by atoms with Gasteiger partial charge in [0.1, 0.15) is 17.2 Å². The van der Waals surface area contributed by atoms with Crippen molar-refractivity contribution >= 4 is 5.97 Å². The molecule has 0 aliphatic heterocycles. The molecule has 1 aromatic heterocycles. The van der Waals surface area contributed by atoms with Crippen molar-refractivity contribution in [2.45, 2.75) is 6.43 Å². The standard InChI is InChI=1S/C12H9F2NO5/c1-19-5-2-6(10(16)7(3-5)11(13)14)8-4-9(12(17)18)20-15-8/h2-4,11,16H,1H3,(H,17,18). The van der Waals surface area contributed by atoms with Crippen LogP contribution in [0.25, 0.3) is 11.3 Å². The fourth-order valence-corrected chi connectivity index (χ4v) is 1.61. The van der Waals surface area contributed by atoms with Crippen molar-refractivity contribution in [1.29, 1.82) is 0 Å². The first-order chi connectivity index (χ1) is 9.43. The number of ether oxygens (including phenoxy) is 1. The van der Waals surface area contributed by atoms with Crippen molar-refractivity contribution < 1.29 is 33.0 Å². The molecule has 1 aromatic carbocycles. The largest absolute Gasteiger partial charge is 0.507 e. The SMILES string of the molecule is COc1cc(-c2cc(C(=O)O)on2)c(O)c(C(F)F)c1. The van der Waals surface area contributed by atoms with E-state index in [0.29, 0.717) is 0 Å². The summed E-state index contributed by atoms with van der Waals surface area (Å²) < 4.78 is 35.0. The number of carbonyl (C=O) groups is 1. The molecule has 0 unspecified atom stereocenters. The summed E-state index contributed by atoms with van der Waals surface area (Å²) in [7, 11) is 1.27. The molecule has 2 aromatic rings. The van der Waals surface area contributed by atoms with Gasteiger partial charge in [0.25, 0.3) is 6.43 Å². The summed E-state index contributed by atoms with van der Waals surface area (Å²) in [6, 6.07) is 3.26. The first-order valence-electron chi connectivity index (χ1n) is 5.33. The van der Waals surface area contributed by atoms with E-state index < -0.39 is 29.5 Å². The Bertz CT molecular complexity index is 653. The molecule has 1 heterocycles. The third-order valence-corrected chi connectivity index (χ3v) is 2.58. The Morgan fingerprint density at radius 1 is 1.40 bits per heavy atom. The molecule has 20 heavy (non-hydrogen) atoms. The molecular weight excluding hydrogens is 276 g/mol. The van der Waals surface area contributed by atoms with Crippen LogP contribution in [0.15, 0.2) is 22.7 Å². The molecule has 0 bridgehead atoms. The second-order valence-corrected chi connectivity index (χ2v) is 3.80. The second kappa shape index (κ2) is 5.16. The van der Waals surface area contributed by atoms with E-state index in [4.69, 9.17) is 9.84 Å². The first kappa shape index (κ1) is 13.8. The zero-order chi connectivity index (χ0) is 14.9. The third-order valence-electron chi connectivity index (χ3n) is 2.58. The lowest BCUT2D eigenvalue weighted by atomic mass is 10.1. The van der Waals surface area contributed by atoms with E-state index in [-0.39, 0.29) is 17.0 Å². The number of hydrogen-bond acceptors (Lipinski definition) is 5. The van der Waals surface area contributed by atoms with Gasteiger partial charge in [0, 0.05) is 11.6 Å². The molecule has 2 N–H and O–H groups in total. The summed E-state index contributed by atoms with van der Waals surface area (Å²) in [6.45, 7) is 0. The number of aromatic carboxylic acids is 1. The summed E-state index contributed by atoms with van der Waals surface area (Å²) in [6.07, 6.45) is -2.92. The van der Waals surface area contributed by atoms with Crippen LogP contribution in [0, 0.1) is 0 Å². The molecular formula is C12H9F2NO5. The predicted octanol–water partition coefficient (Wildman–Crippen LogP) is 2.69. The molecule has 106 valence electrons. The molecule has 0 spiro atoms. The average molecular weight is 285 g/mol. The van der Waals surface area contributed by atoms with Crippen molar-refractivity contribution in [3.05, 3.63) is 29.5 Å². The van der Waals surface area contributed by atoms with Gasteiger partial charge in [-0.25, -0.2) is 13.6 Å². The van der Waals surface area contributed by atoms with Crippen LogP contribution in [0.1, 0.15) is 22.5 Å². The Kier molecular flexibility index (Phi) is 3.55. The van der Waals surface area contributed by atoms with Gasteiger partial charge in [0.05, 0.1) is 12.7 Å². The maximum absolute atomic E-state index is 12.8. The lowest BCUT2D eigenvalue weighted by molar-refractivity contribution is 0.0652. The van der Waals surface area contributed by atoms with Crippen LogP contribution in [0.5, 0.6) is 11.5 Å². The van der Waals surface area contributed by atoms with Crippen LogP contribution in [0.2, 0.25) is 0 Å². The Labute approximate surface area is 111 Å². The lowest BCUT2D eigenvalue weighted by Crippen LogP contribution is -1.93. The number of aromatic nitrogens is 1. The van der Waals surface area contributed by atoms with E-state index in [1.54, 1.807) is 0 Å². The number of hydrogen-bond donors (Lipinski definition) is 2. The van der Waals surface area contributed by atoms with Gasteiger partial charge in [-0.05, 0) is 12.1 Å². The fraction of sp³-hybridized carbons (Fsp3) is 0.167. The molecule has 0 fully saturated rings. The van der Waals surface area contributed by atoms with Gasteiger partial charge in [0.2, 0.25) is 5.76 Å². The quantitative estimate of drug-likeness (QED) is 0.897. The van der Waals surface area contributed by atoms with Crippen LogP contribution in [-0.4, -0.2) is 28.4 Å². The highest BCUT2D eigenvalue weighted by molar-refractivity contribution is 5.86. The van der Waals surface area contributed by atoms with E-state index in [1.807, 2.05) is 0 Å². The second-order valence-electron chi connectivity index (χ2n) is 3.80. The van der Waals surface area contributed by atoms with Crippen molar-refractivity contribution in [2.24, 2.45) is 0 Å². The van der Waals surface area contributed by atoms with Crippen LogP contribution in [-0.2, 0) is 0 Å². The lowest BCUT2D eigenvalue weighted by Gasteiger charge is -2.10. The van der Waals surface area contributed by atoms with Crippen LogP contribution in [0.4, 0.5) is 8.78 Å². The predicted molar refractivity (Wildman–Crippen MR) is 62.1 cm³/mol. The Morgan fingerprint density at radius 2 is 2.10 bits per heavy atom. The van der Waals surface area contributed by atoms with Crippen molar-refractivity contribution in [1.82, 2.24) is 5.16 Å². The van der Waals surface area contributed by atoms with Gasteiger partial charge in [-0.2, -0.15) is 0 Å². The number of methoxy groups -OCH3 is 1. The smallest absolute Gasteiger partial charge is 0.374 e. The molecule has 2 rings (SSSR count). The van der Waals surface area contributed by atoms with Crippen LogP contribution in [0.3, 0.4) is 0 Å². The monoisotopic (exact) mass is 285 g/mol.